The minimum Gasteiger partial charge on any atom is -0.384 e. The highest BCUT2D eigenvalue weighted by Crippen LogP contribution is 2.29. The van der Waals surface area contributed by atoms with E-state index in [9.17, 15) is 0 Å². The first-order valence-electron chi connectivity index (χ1n) is 8.95. The minimum atomic E-state index is 0.0651. The van der Waals surface area contributed by atoms with E-state index in [4.69, 9.17) is 22.3 Å². The number of benzene rings is 4. The summed E-state index contributed by atoms with van der Waals surface area (Å²) in [6.07, 6.45) is 0. The van der Waals surface area contributed by atoms with Gasteiger partial charge in [-0.1, -0.05) is 60.7 Å². The number of hydrogen-bond donors (Lipinski definition) is 4. The average molecular weight is 364 g/mol. The average Bonchev–Trinajstić information content (AvgIpc) is 2.73. The molecule has 0 bridgehead atoms. The summed E-state index contributed by atoms with van der Waals surface area (Å²) in [7, 11) is 0. The largest absolute Gasteiger partial charge is 0.384 e. The number of nitrogens with two attached hydrogens (primary N) is 2. The molecule has 0 unspecified atom stereocenters. The number of fused-ring (bicyclic) bond motifs is 1. The van der Waals surface area contributed by atoms with E-state index in [0.717, 1.165) is 33.0 Å². The molecule has 4 heteroatoms. The smallest absolute Gasteiger partial charge is 0.122 e. The molecule has 0 aromatic heterocycles. The summed E-state index contributed by atoms with van der Waals surface area (Å²) in [6.45, 7) is 0. The van der Waals surface area contributed by atoms with Crippen molar-refractivity contribution in [1.29, 1.82) is 10.8 Å². The molecular weight excluding hydrogens is 344 g/mol. The Bertz CT molecular complexity index is 1130. The molecule has 0 aliphatic heterocycles. The molecule has 0 heterocycles. The van der Waals surface area contributed by atoms with Gasteiger partial charge in [-0.3, -0.25) is 10.8 Å². The summed E-state index contributed by atoms with van der Waals surface area (Å²) < 4.78 is 0. The SMILES string of the molecule is N=C(N)c1cccc(-c2ccc3ccc(-c4cccc(C(=N)N)c4)cc3c2)c1. The lowest BCUT2D eigenvalue weighted by Gasteiger charge is -2.09. The Morgan fingerprint density at radius 3 is 1.36 bits per heavy atom. The molecule has 4 rings (SSSR count). The normalized spacial score (nSPS) is 10.7. The van der Waals surface area contributed by atoms with E-state index < -0.39 is 0 Å². The Kier molecular flexibility index (Phi) is 4.38. The van der Waals surface area contributed by atoms with Crippen molar-refractivity contribution in [1.82, 2.24) is 0 Å². The van der Waals surface area contributed by atoms with Crippen molar-refractivity contribution in [2.45, 2.75) is 0 Å². The number of amidine groups is 2. The van der Waals surface area contributed by atoms with E-state index in [1.54, 1.807) is 0 Å². The van der Waals surface area contributed by atoms with Crippen molar-refractivity contribution < 1.29 is 0 Å². The zero-order valence-electron chi connectivity index (χ0n) is 15.2. The van der Waals surface area contributed by atoms with Gasteiger partial charge in [0.1, 0.15) is 11.7 Å². The first-order valence-corrected chi connectivity index (χ1v) is 8.95. The first-order chi connectivity index (χ1) is 13.5. The highest BCUT2D eigenvalue weighted by molar-refractivity contribution is 5.98. The van der Waals surface area contributed by atoms with Gasteiger partial charge in [0.2, 0.25) is 0 Å². The molecule has 0 saturated carbocycles. The molecule has 4 aromatic rings. The molecular formula is C24H20N4. The monoisotopic (exact) mass is 364 g/mol. The molecule has 0 spiro atoms. The topological polar surface area (TPSA) is 99.7 Å². The third-order valence-electron chi connectivity index (χ3n) is 4.85. The molecule has 0 aliphatic carbocycles. The van der Waals surface area contributed by atoms with E-state index in [-0.39, 0.29) is 11.7 Å². The van der Waals surface area contributed by atoms with Gasteiger partial charge < -0.3 is 11.5 Å². The highest BCUT2D eigenvalue weighted by Gasteiger charge is 2.06. The molecule has 0 amide bonds. The Morgan fingerprint density at radius 2 is 0.929 bits per heavy atom. The van der Waals surface area contributed by atoms with Crippen molar-refractivity contribution in [2.24, 2.45) is 11.5 Å². The van der Waals surface area contributed by atoms with Crippen LogP contribution in [0.5, 0.6) is 0 Å². The van der Waals surface area contributed by atoms with E-state index in [1.807, 2.05) is 48.5 Å². The summed E-state index contributed by atoms with van der Waals surface area (Å²) in [6, 6.07) is 28.1. The first kappa shape index (κ1) is 17.5. The van der Waals surface area contributed by atoms with Gasteiger partial charge in [-0.15, -0.1) is 0 Å². The van der Waals surface area contributed by atoms with Gasteiger partial charge in [0, 0.05) is 11.1 Å². The maximum Gasteiger partial charge on any atom is 0.122 e. The molecule has 0 radical (unpaired) electrons. The van der Waals surface area contributed by atoms with Gasteiger partial charge in [0.05, 0.1) is 0 Å². The van der Waals surface area contributed by atoms with Crippen LogP contribution in [0.2, 0.25) is 0 Å². The summed E-state index contributed by atoms with van der Waals surface area (Å²) >= 11 is 0. The van der Waals surface area contributed by atoms with Crippen molar-refractivity contribution in [3.05, 3.63) is 96.1 Å². The summed E-state index contributed by atoms with van der Waals surface area (Å²) in [5.74, 6) is 0.130. The summed E-state index contributed by atoms with van der Waals surface area (Å²) in [5, 5.41) is 17.6. The zero-order chi connectivity index (χ0) is 19.7. The molecule has 4 aromatic carbocycles. The van der Waals surface area contributed by atoms with Crippen LogP contribution in [-0.2, 0) is 0 Å². The van der Waals surface area contributed by atoms with Crippen LogP contribution in [0.4, 0.5) is 0 Å². The second-order valence-electron chi connectivity index (χ2n) is 6.77. The van der Waals surface area contributed by atoms with Gasteiger partial charge in [-0.05, 0) is 57.3 Å². The fourth-order valence-electron chi connectivity index (χ4n) is 3.34. The maximum absolute atomic E-state index is 7.65. The van der Waals surface area contributed by atoms with Crippen molar-refractivity contribution >= 4 is 22.4 Å². The van der Waals surface area contributed by atoms with Gasteiger partial charge in [0.15, 0.2) is 0 Å². The molecule has 4 nitrogen and oxygen atoms in total. The van der Waals surface area contributed by atoms with Gasteiger partial charge in [0.25, 0.3) is 0 Å². The lowest BCUT2D eigenvalue weighted by molar-refractivity contribution is 1.42. The molecule has 28 heavy (non-hydrogen) atoms. The van der Waals surface area contributed by atoms with Crippen LogP contribution in [0.1, 0.15) is 11.1 Å². The molecule has 0 atom stereocenters. The summed E-state index contributed by atoms with van der Waals surface area (Å²) in [4.78, 5) is 0. The van der Waals surface area contributed by atoms with Crippen LogP contribution in [0.3, 0.4) is 0 Å². The third-order valence-corrected chi connectivity index (χ3v) is 4.85. The quantitative estimate of drug-likeness (QED) is 0.310. The van der Waals surface area contributed by atoms with Gasteiger partial charge >= 0.3 is 0 Å². The molecule has 0 fully saturated rings. The van der Waals surface area contributed by atoms with E-state index >= 15 is 0 Å². The summed E-state index contributed by atoms with van der Waals surface area (Å²) in [5.41, 5.74) is 16.9. The lowest BCUT2D eigenvalue weighted by atomic mass is 9.96. The van der Waals surface area contributed by atoms with E-state index in [1.165, 1.54) is 0 Å². The Balaban J connectivity index is 1.79. The fourth-order valence-corrected chi connectivity index (χ4v) is 3.34. The predicted octanol–water partition coefficient (Wildman–Crippen LogP) is 4.74. The lowest BCUT2D eigenvalue weighted by Crippen LogP contribution is -2.10. The Morgan fingerprint density at radius 1 is 0.500 bits per heavy atom. The highest BCUT2D eigenvalue weighted by atomic mass is 14.7. The fraction of sp³-hybridized carbons (Fsp3) is 0. The van der Waals surface area contributed by atoms with Crippen molar-refractivity contribution in [2.75, 3.05) is 0 Å². The zero-order valence-corrected chi connectivity index (χ0v) is 15.2. The molecule has 6 N–H and O–H groups in total. The molecule has 136 valence electrons. The molecule has 0 aliphatic rings. The number of hydrogen-bond acceptors (Lipinski definition) is 2. The van der Waals surface area contributed by atoms with Gasteiger partial charge in [-0.25, -0.2) is 0 Å². The van der Waals surface area contributed by atoms with Crippen LogP contribution < -0.4 is 11.5 Å². The van der Waals surface area contributed by atoms with Crippen molar-refractivity contribution in [3.8, 4) is 22.3 Å². The minimum absolute atomic E-state index is 0.0651. The third kappa shape index (κ3) is 3.35. The Labute approximate surface area is 163 Å². The number of rotatable bonds is 4. The predicted molar refractivity (Wildman–Crippen MR) is 117 cm³/mol. The van der Waals surface area contributed by atoms with Crippen LogP contribution in [0, 0.1) is 10.8 Å². The maximum atomic E-state index is 7.65. The number of nitrogen functional groups attached to an aromatic ring is 2. The Hall–Kier alpha value is -3.92. The van der Waals surface area contributed by atoms with Gasteiger partial charge in [-0.2, -0.15) is 0 Å². The standard InChI is InChI=1S/C24H20N4/c25-23(26)20-5-1-3-16(11-20)18-9-7-15-8-10-19(14-22(15)13-18)17-4-2-6-21(12-17)24(27)28/h1-14H,(H3,25,26)(H3,27,28). The van der Waals surface area contributed by atoms with Crippen LogP contribution >= 0.6 is 0 Å². The second kappa shape index (κ2) is 7.00. The van der Waals surface area contributed by atoms with E-state index in [2.05, 4.69) is 36.4 Å². The van der Waals surface area contributed by atoms with E-state index in [0.29, 0.717) is 11.1 Å². The van der Waals surface area contributed by atoms with Crippen LogP contribution in [0.15, 0.2) is 84.9 Å². The second-order valence-corrected chi connectivity index (χ2v) is 6.77. The van der Waals surface area contributed by atoms with Crippen LogP contribution in [-0.4, -0.2) is 11.7 Å². The van der Waals surface area contributed by atoms with Crippen LogP contribution in [0.25, 0.3) is 33.0 Å². The van der Waals surface area contributed by atoms with Crippen molar-refractivity contribution in [3.63, 3.8) is 0 Å². The number of nitrogens with one attached hydrogen (secondary N) is 2. The molecule has 0 saturated heterocycles.